The lowest BCUT2D eigenvalue weighted by Crippen LogP contribution is -2.47. The molecule has 0 saturated heterocycles. The summed E-state index contributed by atoms with van der Waals surface area (Å²) in [4.78, 5) is 13.6. The van der Waals surface area contributed by atoms with Gasteiger partial charge in [-0.1, -0.05) is 6.92 Å². The van der Waals surface area contributed by atoms with Crippen LogP contribution in [0.1, 0.15) is 27.2 Å². The summed E-state index contributed by atoms with van der Waals surface area (Å²) in [5.41, 5.74) is -0.0963. The van der Waals surface area contributed by atoms with Crippen LogP contribution >= 0.6 is 0 Å². The van der Waals surface area contributed by atoms with Gasteiger partial charge >= 0.3 is 0 Å². The summed E-state index contributed by atoms with van der Waals surface area (Å²) >= 11 is 0. The molecule has 2 N–H and O–H groups in total. The minimum Gasteiger partial charge on any atom is -0.350 e. The third-order valence-corrected chi connectivity index (χ3v) is 2.52. The molecule has 90 valence electrons. The molecule has 0 aromatic rings. The summed E-state index contributed by atoms with van der Waals surface area (Å²) in [7, 11) is 3.87. The summed E-state index contributed by atoms with van der Waals surface area (Å²) in [6, 6.07) is 0. The molecule has 0 atom stereocenters. The van der Waals surface area contributed by atoms with Crippen LogP contribution in [-0.2, 0) is 4.79 Å². The zero-order valence-electron chi connectivity index (χ0n) is 10.7. The summed E-state index contributed by atoms with van der Waals surface area (Å²) in [5, 5.41) is 6.07. The van der Waals surface area contributed by atoms with Crippen LogP contribution in [0.15, 0.2) is 0 Å². The molecule has 0 fully saturated rings. The monoisotopic (exact) mass is 215 g/mol. The predicted octanol–water partition coefficient (Wildman–Crippen LogP) is 0.442. The maximum absolute atomic E-state index is 11.6. The highest BCUT2D eigenvalue weighted by atomic mass is 16.2. The Morgan fingerprint density at radius 1 is 1.40 bits per heavy atom. The Morgan fingerprint density at radius 2 is 2.00 bits per heavy atom. The normalized spacial score (nSPS) is 11.9. The fourth-order valence-corrected chi connectivity index (χ4v) is 1.13. The molecule has 0 radical (unpaired) electrons. The standard InChI is InChI=1S/C11H25N3O/c1-6-11(2,3)13-10(15)9-14(5)8-7-12-4/h12H,6-9H2,1-5H3,(H,13,15). The minimum absolute atomic E-state index is 0.0963. The number of nitrogens with one attached hydrogen (secondary N) is 2. The largest absolute Gasteiger partial charge is 0.350 e. The SMILES string of the molecule is CCC(C)(C)NC(=O)CN(C)CCNC. The van der Waals surface area contributed by atoms with Crippen molar-refractivity contribution in [2.24, 2.45) is 0 Å². The fraction of sp³-hybridized carbons (Fsp3) is 0.909. The number of hydrogen-bond acceptors (Lipinski definition) is 3. The average molecular weight is 215 g/mol. The summed E-state index contributed by atoms with van der Waals surface area (Å²) in [6.45, 7) is 8.41. The lowest BCUT2D eigenvalue weighted by molar-refractivity contribution is -0.123. The Labute approximate surface area is 93.4 Å². The molecule has 0 rings (SSSR count). The Balaban J connectivity index is 3.83. The number of hydrogen-bond donors (Lipinski definition) is 2. The third-order valence-electron chi connectivity index (χ3n) is 2.52. The first kappa shape index (κ1) is 14.4. The number of carbonyl (C=O) groups is 1. The van der Waals surface area contributed by atoms with Crippen molar-refractivity contribution in [2.75, 3.05) is 33.7 Å². The molecule has 4 heteroatoms. The number of likely N-dealkylation sites (N-methyl/N-ethyl adjacent to an activating group) is 2. The molecule has 0 unspecified atom stereocenters. The van der Waals surface area contributed by atoms with E-state index in [1.54, 1.807) is 0 Å². The number of amides is 1. The first-order valence-electron chi connectivity index (χ1n) is 5.55. The molecule has 15 heavy (non-hydrogen) atoms. The minimum atomic E-state index is -0.0963. The molecule has 0 aliphatic carbocycles. The van der Waals surface area contributed by atoms with Crippen molar-refractivity contribution in [1.82, 2.24) is 15.5 Å². The van der Waals surface area contributed by atoms with Gasteiger partial charge in [-0.2, -0.15) is 0 Å². The van der Waals surface area contributed by atoms with Crippen LogP contribution in [0, 0.1) is 0 Å². The molecule has 1 amide bonds. The predicted molar refractivity (Wildman–Crippen MR) is 63.9 cm³/mol. The second kappa shape index (κ2) is 6.80. The summed E-state index contributed by atoms with van der Waals surface area (Å²) in [5.74, 6) is 0.0976. The van der Waals surface area contributed by atoms with Crippen molar-refractivity contribution < 1.29 is 4.79 Å². The second-order valence-corrected chi connectivity index (χ2v) is 4.63. The van der Waals surface area contributed by atoms with Gasteiger partial charge in [0.05, 0.1) is 6.54 Å². The molecule has 0 aromatic heterocycles. The lowest BCUT2D eigenvalue weighted by Gasteiger charge is -2.26. The topological polar surface area (TPSA) is 44.4 Å². The van der Waals surface area contributed by atoms with E-state index in [9.17, 15) is 4.79 Å². The number of rotatable bonds is 7. The van der Waals surface area contributed by atoms with E-state index in [0.717, 1.165) is 19.5 Å². The van der Waals surface area contributed by atoms with E-state index in [1.807, 2.05) is 32.8 Å². The highest BCUT2D eigenvalue weighted by Gasteiger charge is 2.18. The molecular weight excluding hydrogens is 190 g/mol. The molecule has 0 aromatic carbocycles. The van der Waals surface area contributed by atoms with Crippen molar-refractivity contribution in [3.8, 4) is 0 Å². The molecular formula is C11H25N3O. The van der Waals surface area contributed by atoms with E-state index in [-0.39, 0.29) is 11.4 Å². The van der Waals surface area contributed by atoms with Crippen molar-refractivity contribution in [2.45, 2.75) is 32.7 Å². The number of nitrogens with zero attached hydrogens (tertiary/aromatic N) is 1. The van der Waals surface area contributed by atoms with E-state index in [1.165, 1.54) is 0 Å². The van der Waals surface area contributed by atoms with Crippen molar-refractivity contribution >= 4 is 5.91 Å². The van der Waals surface area contributed by atoms with E-state index >= 15 is 0 Å². The van der Waals surface area contributed by atoms with Gasteiger partial charge in [0, 0.05) is 18.6 Å². The summed E-state index contributed by atoms with van der Waals surface area (Å²) < 4.78 is 0. The van der Waals surface area contributed by atoms with Gasteiger partial charge in [0.15, 0.2) is 0 Å². The van der Waals surface area contributed by atoms with Gasteiger partial charge in [-0.3, -0.25) is 9.69 Å². The van der Waals surface area contributed by atoms with Crippen LogP contribution in [0.5, 0.6) is 0 Å². The summed E-state index contributed by atoms with van der Waals surface area (Å²) in [6.07, 6.45) is 0.943. The Hall–Kier alpha value is -0.610. The molecule has 0 bridgehead atoms. The molecule has 0 heterocycles. The quantitative estimate of drug-likeness (QED) is 0.648. The molecule has 0 aliphatic rings. The van der Waals surface area contributed by atoms with Crippen LogP contribution in [0.3, 0.4) is 0 Å². The first-order chi connectivity index (χ1) is 6.91. The zero-order valence-corrected chi connectivity index (χ0v) is 10.7. The average Bonchev–Trinajstić information content (AvgIpc) is 2.13. The van der Waals surface area contributed by atoms with E-state index in [0.29, 0.717) is 6.54 Å². The van der Waals surface area contributed by atoms with Gasteiger partial charge in [0.2, 0.25) is 5.91 Å². The Bertz CT molecular complexity index is 192. The van der Waals surface area contributed by atoms with Crippen molar-refractivity contribution in [3.63, 3.8) is 0 Å². The fourth-order valence-electron chi connectivity index (χ4n) is 1.13. The van der Waals surface area contributed by atoms with E-state index in [2.05, 4.69) is 17.6 Å². The maximum atomic E-state index is 11.6. The molecule has 0 spiro atoms. The van der Waals surface area contributed by atoms with Crippen LogP contribution < -0.4 is 10.6 Å². The van der Waals surface area contributed by atoms with Gasteiger partial charge in [0.25, 0.3) is 0 Å². The van der Waals surface area contributed by atoms with Crippen molar-refractivity contribution in [3.05, 3.63) is 0 Å². The Morgan fingerprint density at radius 3 is 2.47 bits per heavy atom. The van der Waals surface area contributed by atoms with E-state index < -0.39 is 0 Å². The van der Waals surface area contributed by atoms with Gasteiger partial charge in [0.1, 0.15) is 0 Å². The van der Waals surface area contributed by atoms with Gasteiger partial charge in [-0.25, -0.2) is 0 Å². The third kappa shape index (κ3) is 7.33. The zero-order chi connectivity index (χ0) is 11.9. The van der Waals surface area contributed by atoms with Crippen LogP contribution in [0.2, 0.25) is 0 Å². The van der Waals surface area contributed by atoms with Gasteiger partial charge in [-0.05, 0) is 34.4 Å². The highest BCUT2D eigenvalue weighted by molar-refractivity contribution is 5.78. The molecule has 4 nitrogen and oxygen atoms in total. The Kier molecular flexibility index (Phi) is 6.52. The first-order valence-corrected chi connectivity index (χ1v) is 5.55. The van der Waals surface area contributed by atoms with Crippen molar-refractivity contribution in [1.29, 1.82) is 0 Å². The van der Waals surface area contributed by atoms with Gasteiger partial charge in [-0.15, -0.1) is 0 Å². The maximum Gasteiger partial charge on any atom is 0.234 e. The van der Waals surface area contributed by atoms with Crippen LogP contribution in [0.4, 0.5) is 0 Å². The highest BCUT2D eigenvalue weighted by Crippen LogP contribution is 2.06. The lowest BCUT2D eigenvalue weighted by atomic mass is 10.0. The second-order valence-electron chi connectivity index (χ2n) is 4.63. The molecule has 0 saturated carbocycles. The van der Waals surface area contributed by atoms with E-state index in [4.69, 9.17) is 0 Å². The smallest absolute Gasteiger partial charge is 0.234 e. The number of carbonyl (C=O) groups excluding carboxylic acids is 1. The molecule has 0 aliphatic heterocycles. The van der Waals surface area contributed by atoms with Crippen LogP contribution in [-0.4, -0.2) is 50.1 Å². The van der Waals surface area contributed by atoms with Gasteiger partial charge < -0.3 is 10.6 Å². The van der Waals surface area contributed by atoms with Crippen LogP contribution in [0.25, 0.3) is 0 Å².